The molecule has 0 unspecified atom stereocenters. The summed E-state index contributed by atoms with van der Waals surface area (Å²) in [4.78, 5) is 0. The Kier molecular flexibility index (Phi) is 4.60. The number of halogens is 6. The molecule has 21 heavy (non-hydrogen) atoms. The minimum absolute atomic E-state index is 0.0392. The molecule has 2 rings (SSSR count). The zero-order valence-corrected chi connectivity index (χ0v) is 13.3. The number of benzene rings is 2. The average Bonchev–Trinajstić information content (AvgIpc) is 2.37. The first kappa shape index (κ1) is 16.3. The molecule has 0 bridgehead atoms. The van der Waals surface area contributed by atoms with Crippen LogP contribution >= 0.6 is 39.1 Å². The molecule has 0 aromatic heterocycles. The monoisotopic (exact) mass is 398 g/mol. The van der Waals surface area contributed by atoms with Crippen LogP contribution < -0.4 is 11.1 Å². The summed E-state index contributed by atoms with van der Waals surface area (Å²) in [5.41, 5.74) is 5.85. The summed E-state index contributed by atoms with van der Waals surface area (Å²) < 4.78 is 38.5. The van der Waals surface area contributed by atoms with Gasteiger partial charge in [-0.15, -0.1) is 0 Å². The van der Waals surface area contributed by atoms with Crippen LogP contribution in [0.1, 0.15) is 5.56 Å². The van der Waals surface area contributed by atoms with Crippen molar-refractivity contribution in [2.75, 3.05) is 11.1 Å². The molecule has 0 amide bonds. The van der Waals surface area contributed by atoms with Crippen molar-refractivity contribution < 1.29 is 13.2 Å². The first-order valence-corrected chi connectivity index (χ1v) is 7.11. The van der Waals surface area contributed by atoms with Gasteiger partial charge in [-0.1, -0.05) is 39.1 Å². The van der Waals surface area contributed by atoms with Crippen molar-refractivity contribution in [3.63, 3.8) is 0 Å². The molecule has 0 heterocycles. The summed E-state index contributed by atoms with van der Waals surface area (Å²) in [5.74, 6) is 0. The third-order valence-electron chi connectivity index (χ3n) is 2.64. The molecule has 0 atom stereocenters. The van der Waals surface area contributed by atoms with Crippen molar-refractivity contribution in [1.82, 2.24) is 0 Å². The van der Waals surface area contributed by atoms with E-state index in [1.165, 1.54) is 24.3 Å². The van der Waals surface area contributed by atoms with Crippen LogP contribution in [-0.4, -0.2) is 0 Å². The Hall–Kier alpha value is -1.11. The second-order valence-electron chi connectivity index (χ2n) is 4.17. The average molecular weight is 400 g/mol. The number of hydrogen-bond donors (Lipinski definition) is 2. The molecule has 0 saturated carbocycles. The van der Waals surface area contributed by atoms with Crippen LogP contribution in [0.4, 0.5) is 30.2 Å². The molecule has 0 fully saturated rings. The maximum atomic E-state index is 12.8. The standard InChI is InChI=1S/C13H8BrCl2F3N2/c14-8-2-1-6(3-7(8)13(17,18)19)21-12-5-10(16)9(15)4-11(12)20/h1-5,21H,20H2. The first-order chi connectivity index (χ1) is 9.68. The van der Waals surface area contributed by atoms with E-state index < -0.39 is 11.7 Å². The van der Waals surface area contributed by atoms with Gasteiger partial charge in [0.1, 0.15) is 0 Å². The maximum Gasteiger partial charge on any atom is 0.417 e. The summed E-state index contributed by atoms with van der Waals surface area (Å²) in [6, 6.07) is 6.65. The highest BCUT2D eigenvalue weighted by Crippen LogP contribution is 2.38. The van der Waals surface area contributed by atoms with Gasteiger partial charge in [0.15, 0.2) is 0 Å². The Balaban J connectivity index is 2.39. The van der Waals surface area contributed by atoms with E-state index in [4.69, 9.17) is 28.9 Å². The SMILES string of the molecule is Nc1cc(Cl)c(Cl)cc1Nc1ccc(Br)c(C(F)(F)F)c1. The molecule has 2 aromatic carbocycles. The molecule has 0 saturated heterocycles. The molecule has 3 N–H and O–H groups in total. The van der Waals surface area contributed by atoms with Gasteiger partial charge in [0, 0.05) is 10.2 Å². The maximum absolute atomic E-state index is 12.8. The predicted molar refractivity (Wildman–Crippen MR) is 83.3 cm³/mol. The molecular formula is C13H8BrCl2F3N2. The van der Waals surface area contributed by atoms with Gasteiger partial charge in [-0.05, 0) is 30.3 Å². The van der Waals surface area contributed by atoms with Crippen LogP contribution in [0.5, 0.6) is 0 Å². The van der Waals surface area contributed by atoms with Gasteiger partial charge in [-0.25, -0.2) is 0 Å². The quantitative estimate of drug-likeness (QED) is 0.598. The smallest absolute Gasteiger partial charge is 0.397 e. The fourth-order valence-corrected chi connectivity index (χ4v) is 2.45. The fourth-order valence-electron chi connectivity index (χ4n) is 1.65. The minimum atomic E-state index is -4.46. The van der Waals surface area contributed by atoms with E-state index in [-0.39, 0.29) is 25.9 Å². The van der Waals surface area contributed by atoms with Crippen molar-refractivity contribution >= 4 is 56.2 Å². The number of nitrogens with two attached hydrogens (primary N) is 1. The van der Waals surface area contributed by atoms with Crippen LogP contribution in [0.2, 0.25) is 10.0 Å². The summed E-state index contributed by atoms with van der Waals surface area (Å²) in [7, 11) is 0. The Labute approximate surface area is 137 Å². The highest BCUT2D eigenvalue weighted by atomic mass is 79.9. The predicted octanol–water partition coefficient (Wildman–Crippen LogP) is 6.10. The fraction of sp³-hybridized carbons (Fsp3) is 0.0769. The third-order valence-corrected chi connectivity index (χ3v) is 4.06. The van der Waals surface area contributed by atoms with Crippen LogP contribution in [-0.2, 0) is 6.18 Å². The highest BCUT2D eigenvalue weighted by Gasteiger charge is 2.33. The highest BCUT2D eigenvalue weighted by molar-refractivity contribution is 9.10. The summed E-state index contributed by atoms with van der Waals surface area (Å²) >= 11 is 14.5. The molecule has 0 aliphatic carbocycles. The first-order valence-electron chi connectivity index (χ1n) is 5.57. The number of nitrogens with one attached hydrogen (secondary N) is 1. The number of rotatable bonds is 2. The van der Waals surface area contributed by atoms with E-state index in [2.05, 4.69) is 21.2 Å². The zero-order chi connectivity index (χ0) is 15.8. The molecule has 8 heteroatoms. The van der Waals surface area contributed by atoms with Crippen LogP contribution in [0, 0.1) is 0 Å². The molecule has 0 aliphatic heterocycles. The molecule has 0 radical (unpaired) electrons. The lowest BCUT2D eigenvalue weighted by molar-refractivity contribution is -0.138. The lowest BCUT2D eigenvalue weighted by Crippen LogP contribution is -2.07. The molecule has 0 aliphatic rings. The van der Waals surface area contributed by atoms with Crippen molar-refractivity contribution in [3.05, 3.63) is 50.4 Å². The molecule has 2 aromatic rings. The lowest BCUT2D eigenvalue weighted by Gasteiger charge is -2.14. The Morgan fingerprint density at radius 3 is 2.29 bits per heavy atom. The lowest BCUT2D eigenvalue weighted by atomic mass is 10.2. The van der Waals surface area contributed by atoms with Gasteiger partial charge < -0.3 is 11.1 Å². The third kappa shape index (κ3) is 3.75. The topological polar surface area (TPSA) is 38.0 Å². The van der Waals surface area contributed by atoms with Crippen molar-refractivity contribution in [2.24, 2.45) is 0 Å². The Bertz CT molecular complexity index is 690. The van der Waals surface area contributed by atoms with Gasteiger partial charge in [-0.3, -0.25) is 0 Å². The largest absolute Gasteiger partial charge is 0.417 e. The summed E-state index contributed by atoms with van der Waals surface area (Å²) in [6.07, 6.45) is -4.46. The van der Waals surface area contributed by atoms with E-state index in [0.29, 0.717) is 5.69 Å². The minimum Gasteiger partial charge on any atom is -0.397 e. The normalized spacial score (nSPS) is 11.5. The van der Waals surface area contributed by atoms with E-state index >= 15 is 0 Å². The van der Waals surface area contributed by atoms with Crippen LogP contribution in [0.25, 0.3) is 0 Å². The molecule has 2 nitrogen and oxygen atoms in total. The van der Waals surface area contributed by atoms with Crippen molar-refractivity contribution in [2.45, 2.75) is 6.18 Å². The van der Waals surface area contributed by atoms with E-state index in [1.807, 2.05) is 0 Å². The van der Waals surface area contributed by atoms with Crippen LogP contribution in [0.3, 0.4) is 0 Å². The van der Waals surface area contributed by atoms with E-state index in [9.17, 15) is 13.2 Å². The number of anilines is 3. The second kappa shape index (κ2) is 5.94. The Morgan fingerprint density at radius 2 is 1.67 bits per heavy atom. The molecule has 112 valence electrons. The van der Waals surface area contributed by atoms with Crippen molar-refractivity contribution in [3.8, 4) is 0 Å². The van der Waals surface area contributed by atoms with E-state index in [1.54, 1.807) is 0 Å². The molecule has 0 spiro atoms. The Morgan fingerprint density at radius 1 is 1.05 bits per heavy atom. The van der Waals surface area contributed by atoms with Gasteiger partial charge in [0.25, 0.3) is 0 Å². The summed E-state index contributed by atoms with van der Waals surface area (Å²) in [5, 5.41) is 3.31. The van der Waals surface area contributed by atoms with Crippen LogP contribution in [0.15, 0.2) is 34.8 Å². The van der Waals surface area contributed by atoms with Gasteiger partial charge >= 0.3 is 6.18 Å². The van der Waals surface area contributed by atoms with Gasteiger partial charge in [-0.2, -0.15) is 13.2 Å². The second-order valence-corrected chi connectivity index (χ2v) is 5.84. The van der Waals surface area contributed by atoms with Gasteiger partial charge in [0.05, 0.1) is 27.0 Å². The van der Waals surface area contributed by atoms with Crippen molar-refractivity contribution in [1.29, 1.82) is 0 Å². The number of hydrogen-bond acceptors (Lipinski definition) is 2. The number of nitrogen functional groups attached to an aromatic ring is 1. The van der Waals surface area contributed by atoms with E-state index in [0.717, 1.165) is 6.07 Å². The van der Waals surface area contributed by atoms with Gasteiger partial charge in [0.2, 0.25) is 0 Å². The zero-order valence-electron chi connectivity index (χ0n) is 10.2. The number of alkyl halides is 3. The summed E-state index contributed by atoms with van der Waals surface area (Å²) in [6.45, 7) is 0. The molecular weight excluding hydrogens is 392 g/mol.